The van der Waals surface area contributed by atoms with Crippen molar-refractivity contribution < 1.29 is 19.1 Å². The molecular formula is C26H30N2O4. The Bertz CT molecular complexity index is 1000. The Hall–Kier alpha value is -3.28. The van der Waals surface area contributed by atoms with Crippen molar-refractivity contribution in [3.63, 3.8) is 0 Å². The average Bonchev–Trinajstić information content (AvgIpc) is 2.78. The maximum atomic E-state index is 13.3. The van der Waals surface area contributed by atoms with Crippen molar-refractivity contribution in [1.29, 1.82) is 0 Å². The molecule has 2 aromatic rings. The number of hydrogen-bond donors (Lipinski definition) is 2. The van der Waals surface area contributed by atoms with Gasteiger partial charge in [-0.15, -0.1) is 0 Å². The van der Waals surface area contributed by atoms with Crippen molar-refractivity contribution in [3.05, 3.63) is 77.0 Å². The number of rotatable bonds is 6. The molecule has 1 saturated carbocycles. The number of carbonyl (C=O) groups is 2. The summed E-state index contributed by atoms with van der Waals surface area (Å²) in [6.45, 7) is 4.31. The van der Waals surface area contributed by atoms with Crippen LogP contribution >= 0.6 is 0 Å². The SMILES string of the molecule is CC1=C(C(=O)O[C@@H]2CCC[C@H](C)C2)[C@@H](c2ccccc2OCc2ccccc2)NC(=O)N1. The van der Waals surface area contributed by atoms with Crippen molar-refractivity contribution in [2.45, 2.75) is 58.3 Å². The summed E-state index contributed by atoms with van der Waals surface area (Å²) in [5.74, 6) is 0.772. The third kappa shape index (κ3) is 5.13. The van der Waals surface area contributed by atoms with Crippen LogP contribution in [0.2, 0.25) is 0 Å². The molecule has 2 aromatic carbocycles. The Balaban J connectivity index is 1.58. The third-order valence-corrected chi connectivity index (χ3v) is 6.12. The number of hydrogen-bond acceptors (Lipinski definition) is 4. The van der Waals surface area contributed by atoms with Gasteiger partial charge in [-0.1, -0.05) is 61.9 Å². The largest absolute Gasteiger partial charge is 0.489 e. The molecule has 1 fully saturated rings. The standard InChI is InChI=1S/C26H30N2O4/c1-17-9-8-12-20(15-17)32-25(29)23-18(2)27-26(30)28-24(23)21-13-6-7-14-22(21)31-16-19-10-4-3-5-11-19/h3-7,10-11,13-14,17,20,24H,8-9,12,15-16H2,1-2H3,(H2,27,28,30)/t17-,20+,24+/m0/s1. The number of carbonyl (C=O) groups excluding carboxylic acids is 2. The molecule has 0 saturated heterocycles. The van der Waals surface area contributed by atoms with Crippen molar-refractivity contribution in [3.8, 4) is 5.75 Å². The second-order valence-electron chi connectivity index (χ2n) is 8.68. The number of esters is 1. The third-order valence-electron chi connectivity index (χ3n) is 6.12. The Labute approximate surface area is 189 Å². The Kier molecular flexibility index (Phi) is 6.78. The van der Waals surface area contributed by atoms with Crippen LogP contribution in [0, 0.1) is 5.92 Å². The van der Waals surface area contributed by atoms with Gasteiger partial charge in [-0.3, -0.25) is 0 Å². The van der Waals surface area contributed by atoms with Gasteiger partial charge in [0.25, 0.3) is 0 Å². The van der Waals surface area contributed by atoms with Gasteiger partial charge in [0.05, 0.1) is 11.6 Å². The first-order chi connectivity index (χ1) is 15.5. The maximum Gasteiger partial charge on any atom is 0.338 e. The van der Waals surface area contributed by atoms with Crippen LogP contribution in [0.15, 0.2) is 65.9 Å². The van der Waals surface area contributed by atoms with Crippen molar-refractivity contribution in [2.75, 3.05) is 0 Å². The Morgan fingerprint density at radius 3 is 2.59 bits per heavy atom. The summed E-state index contributed by atoms with van der Waals surface area (Å²) in [4.78, 5) is 25.6. The first-order valence-corrected chi connectivity index (χ1v) is 11.3. The highest BCUT2D eigenvalue weighted by molar-refractivity contribution is 5.95. The lowest BCUT2D eigenvalue weighted by atomic mass is 9.88. The van der Waals surface area contributed by atoms with E-state index in [9.17, 15) is 9.59 Å². The molecule has 1 heterocycles. The fourth-order valence-corrected chi connectivity index (χ4v) is 4.48. The lowest BCUT2D eigenvalue weighted by Crippen LogP contribution is -2.45. The van der Waals surface area contributed by atoms with Gasteiger partial charge < -0.3 is 20.1 Å². The zero-order chi connectivity index (χ0) is 22.5. The number of urea groups is 1. The van der Waals surface area contributed by atoms with Crippen LogP contribution in [-0.4, -0.2) is 18.1 Å². The van der Waals surface area contributed by atoms with E-state index in [-0.39, 0.29) is 12.1 Å². The molecule has 6 nitrogen and oxygen atoms in total. The van der Waals surface area contributed by atoms with Gasteiger partial charge in [0.2, 0.25) is 0 Å². The van der Waals surface area contributed by atoms with Crippen LogP contribution in [0.5, 0.6) is 5.75 Å². The lowest BCUT2D eigenvalue weighted by Gasteiger charge is -2.31. The first-order valence-electron chi connectivity index (χ1n) is 11.3. The molecule has 0 spiro atoms. The highest BCUT2D eigenvalue weighted by Gasteiger charge is 2.35. The van der Waals surface area contributed by atoms with E-state index in [2.05, 4.69) is 17.6 Å². The van der Waals surface area contributed by atoms with E-state index in [0.717, 1.165) is 30.4 Å². The molecule has 0 radical (unpaired) electrons. The molecule has 168 valence electrons. The fourth-order valence-electron chi connectivity index (χ4n) is 4.48. The molecule has 0 aromatic heterocycles. The summed E-state index contributed by atoms with van der Waals surface area (Å²) in [6, 6.07) is 16.4. The Morgan fingerprint density at radius 2 is 1.81 bits per heavy atom. The summed E-state index contributed by atoms with van der Waals surface area (Å²) < 4.78 is 12.0. The zero-order valence-electron chi connectivity index (χ0n) is 18.6. The molecule has 2 N–H and O–H groups in total. The minimum atomic E-state index is -0.649. The Morgan fingerprint density at radius 1 is 1.06 bits per heavy atom. The molecule has 1 aliphatic carbocycles. The first kappa shape index (κ1) is 21.9. The van der Waals surface area contributed by atoms with E-state index < -0.39 is 12.0 Å². The fraction of sp³-hybridized carbons (Fsp3) is 0.385. The van der Waals surface area contributed by atoms with Gasteiger partial charge in [0.15, 0.2) is 0 Å². The normalized spacial score (nSPS) is 23.2. The van der Waals surface area contributed by atoms with Crippen LogP contribution in [-0.2, 0) is 16.1 Å². The van der Waals surface area contributed by atoms with Gasteiger partial charge in [-0.2, -0.15) is 0 Å². The van der Waals surface area contributed by atoms with Gasteiger partial charge >= 0.3 is 12.0 Å². The molecule has 4 rings (SSSR count). The predicted octanol–water partition coefficient (Wildman–Crippen LogP) is 5.02. The number of allylic oxidation sites excluding steroid dienone is 1. The van der Waals surface area contributed by atoms with Crippen molar-refractivity contribution in [2.24, 2.45) is 5.92 Å². The minimum absolute atomic E-state index is 0.0885. The monoisotopic (exact) mass is 434 g/mol. The van der Waals surface area contributed by atoms with Crippen molar-refractivity contribution >= 4 is 12.0 Å². The molecule has 2 aliphatic rings. The zero-order valence-corrected chi connectivity index (χ0v) is 18.6. The van der Waals surface area contributed by atoms with E-state index >= 15 is 0 Å². The van der Waals surface area contributed by atoms with Crippen LogP contribution in [0.3, 0.4) is 0 Å². The average molecular weight is 435 g/mol. The van der Waals surface area contributed by atoms with Gasteiger partial charge in [0.1, 0.15) is 18.5 Å². The molecule has 6 heteroatoms. The molecule has 32 heavy (non-hydrogen) atoms. The highest BCUT2D eigenvalue weighted by Crippen LogP contribution is 2.35. The van der Waals surface area contributed by atoms with E-state index in [1.807, 2.05) is 54.6 Å². The molecule has 3 atom stereocenters. The molecule has 2 amide bonds. The smallest absolute Gasteiger partial charge is 0.338 e. The molecule has 1 aliphatic heterocycles. The number of amides is 2. The number of nitrogens with one attached hydrogen (secondary N) is 2. The summed E-state index contributed by atoms with van der Waals surface area (Å²) in [6.07, 6.45) is 3.89. The van der Waals surface area contributed by atoms with Crippen LogP contribution in [0.1, 0.15) is 56.7 Å². The molecule has 0 unspecified atom stereocenters. The second-order valence-corrected chi connectivity index (χ2v) is 8.68. The van der Waals surface area contributed by atoms with Gasteiger partial charge in [0, 0.05) is 11.3 Å². The molecular weight excluding hydrogens is 404 g/mol. The summed E-state index contributed by atoms with van der Waals surface area (Å²) in [5.41, 5.74) is 2.68. The molecule has 0 bridgehead atoms. The summed E-state index contributed by atoms with van der Waals surface area (Å²) >= 11 is 0. The highest BCUT2D eigenvalue weighted by atomic mass is 16.5. The summed E-state index contributed by atoms with van der Waals surface area (Å²) in [7, 11) is 0. The van der Waals surface area contributed by atoms with E-state index in [1.165, 1.54) is 6.42 Å². The maximum absolute atomic E-state index is 13.3. The van der Waals surface area contributed by atoms with Gasteiger partial charge in [-0.25, -0.2) is 9.59 Å². The quantitative estimate of drug-likeness (QED) is 0.626. The van der Waals surface area contributed by atoms with Crippen LogP contribution < -0.4 is 15.4 Å². The van der Waals surface area contributed by atoms with Gasteiger partial charge in [-0.05, 0) is 43.7 Å². The topological polar surface area (TPSA) is 76.7 Å². The predicted molar refractivity (Wildman–Crippen MR) is 122 cm³/mol. The van der Waals surface area contributed by atoms with E-state index in [1.54, 1.807) is 6.92 Å². The van der Waals surface area contributed by atoms with Crippen molar-refractivity contribution in [1.82, 2.24) is 10.6 Å². The van der Waals surface area contributed by atoms with Crippen LogP contribution in [0.4, 0.5) is 4.79 Å². The van der Waals surface area contributed by atoms with Crippen LogP contribution in [0.25, 0.3) is 0 Å². The number of benzene rings is 2. The number of ether oxygens (including phenoxy) is 2. The summed E-state index contributed by atoms with van der Waals surface area (Å²) in [5, 5.41) is 5.61. The van der Waals surface area contributed by atoms with E-state index in [4.69, 9.17) is 9.47 Å². The van der Waals surface area contributed by atoms with E-state index in [0.29, 0.717) is 29.5 Å². The minimum Gasteiger partial charge on any atom is -0.489 e. The second kappa shape index (κ2) is 9.90. The lowest BCUT2D eigenvalue weighted by molar-refractivity contribution is -0.146. The number of para-hydroxylation sites is 1.